The van der Waals surface area contributed by atoms with Gasteiger partial charge < -0.3 is 0 Å². The number of ketones is 1. The van der Waals surface area contributed by atoms with E-state index in [1.54, 1.807) is 12.1 Å². The molecule has 104 valence electrons. The highest BCUT2D eigenvalue weighted by Gasteiger charge is 2.42. The SMILES string of the molecule is CN(C)C1(C(=O)Cc2cccc(F)c2Cl)CCCC1. The Morgan fingerprint density at radius 1 is 1.37 bits per heavy atom. The molecule has 1 aliphatic rings. The maximum atomic E-state index is 13.4. The first-order valence-corrected chi connectivity index (χ1v) is 6.99. The molecule has 2 rings (SSSR count). The monoisotopic (exact) mass is 283 g/mol. The van der Waals surface area contributed by atoms with E-state index in [0.29, 0.717) is 5.56 Å². The minimum Gasteiger partial charge on any atom is -0.297 e. The van der Waals surface area contributed by atoms with E-state index in [4.69, 9.17) is 11.6 Å². The zero-order chi connectivity index (χ0) is 14.0. The molecule has 1 aliphatic carbocycles. The van der Waals surface area contributed by atoms with Gasteiger partial charge in [0.05, 0.1) is 10.6 Å². The van der Waals surface area contributed by atoms with Crippen LogP contribution in [0.3, 0.4) is 0 Å². The Labute approximate surface area is 118 Å². The molecule has 4 heteroatoms. The standard InChI is InChI=1S/C15H19ClFNO/c1-18(2)15(8-3-4-9-15)13(19)10-11-6-5-7-12(17)14(11)16/h5-7H,3-4,8-10H2,1-2H3. The first-order valence-electron chi connectivity index (χ1n) is 6.61. The number of carbonyl (C=O) groups excluding carboxylic acids is 1. The number of halogens is 2. The number of likely N-dealkylation sites (N-methyl/N-ethyl adjacent to an activating group) is 1. The van der Waals surface area contributed by atoms with E-state index in [0.717, 1.165) is 25.7 Å². The molecule has 0 heterocycles. The summed E-state index contributed by atoms with van der Waals surface area (Å²) in [4.78, 5) is 14.6. The molecule has 0 aromatic heterocycles. The second-order valence-electron chi connectivity index (χ2n) is 5.45. The predicted octanol–water partition coefficient (Wildman–Crippen LogP) is 3.47. The van der Waals surface area contributed by atoms with E-state index >= 15 is 0 Å². The van der Waals surface area contributed by atoms with Crippen LogP contribution in [-0.2, 0) is 11.2 Å². The molecule has 1 saturated carbocycles. The van der Waals surface area contributed by atoms with Gasteiger partial charge in [-0.3, -0.25) is 9.69 Å². The van der Waals surface area contributed by atoms with Crippen molar-refractivity contribution < 1.29 is 9.18 Å². The maximum absolute atomic E-state index is 13.4. The second kappa shape index (κ2) is 5.59. The minimum atomic E-state index is -0.461. The highest BCUT2D eigenvalue weighted by atomic mass is 35.5. The van der Waals surface area contributed by atoms with Gasteiger partial charge in [-0.1, -0.05) is 36.6 Å². The lowest BCUT2D eigenvalue weighted by molar-refractivity contribution is -0.128. The molecule has 2 nitrogen and oxygen atoms in total. The third-order valence-electron chi connectivity index (χ3n) is 4.19. The summed E-state index contributed by atoms with van der Waals surface area (Å²) >= 11 is 5.93. The number of nitrogens with zero attached hydrogens (tertiary/aromatic N) is 1. The normalized spacial score (nSPS) is 17.9. The fraction of sp³-hybridized carbons (Fsp3) is 0.533. The van der Waals surface area contributed by atoms with Gasteiger partial charge >= 0.3 is 0 Å². The van der Waals surface area contributed by atoms with Crippen LogP contribution < -0.4 is 0 Å². The highest BCUT2D eigenvalue weighted by molar-refractivity contribution is 6.31. The van der Waals surface area contributed by atoms with Gasteiger partial charge in [0.2, 0.25) is 0 Å². The molecule has 19 heavy (non-hydrogen) atoms. The molecule has 1 aromatic carbocycles. The van der Waals surface area contributed by atoms with Gasteiger partial charge in [0.25, 0.3) is 0 Å². The van der Waals surface area contributed by atoms with E-state index in [-0.39, 0.29) is 17.2 Å². The van der Waals surface area contributed by atoms with Gasteiger partial charge in [0.15, 0.2) is 5.78 Å². The Bertz CT molecular complexity index is 481. The zero-order valence-electron chi connectivity index (χ0n) is 11.4. The lowest BCUT2D eigenvalue weighted by Crippen LogP contribution is -2.49. The fourth-order valence-corrected chi connectivity index (χ4v) is 3.15. The van der Waals surface area contributed by atoms with Crippen molar-refractivity contribution in [2.75, 3.05) is 14.1 Å². The number of benzene rings is 1. The topological polar surface area (TPSA) is 20.3 Å². The average molecular weight is 284 g/mol. The molecule has 0 aliphatic heterocycles. The molecule has 0 amide bonds. The lowest BCUT2D eigenvalue weighted by Gasteiger charge is -2.34. The smallest absolute Gasteiger partial charge is 0.157 e. The van der Waals surface area contributed by atoms with Crippen LogP contribution in [0.4, 0.5) is 4.39 Å². The molecule has 0 N–H and O–H groups in total. The van der Waals surface area contributed by atoms with Gasteiger partial charge in [0.1, 0.15) is 5.82 Å². The summed E-state index contributed by atoms with van der Waals surface area (Å²) in [7, 11) is 3.88. The Kier molecular flexibility index (Phi) is 4.26. The molecular weight excluding hydrogens is 265 g/mol. The largest absolute Gasteiger partial charge is 0.297 e. The van der Waals surface area contributed by atoms with Gasteiger partial charge in [-0.2, -0.15) is 0 Å². The Morgan fingerprint density at radius 3 is 2.58 bits per heavy atom. The van der Waals surface area contributed by atoms with Crippen molar-refractivity contribution in [1.29, 1.82) is 0 Å². The van der Waals surface area contributed by atoms with Crippen molar-refractivity contribution in [2.24, 2.45) is 0 Å². The van der Waals surface area contributed by atoms with Crippen LogP contribution in [0.15, 0.2) is 18.2 Å². The van der Waals surface area contributed by atoms with Crippen LogP contribution in [0, 0.1) is 5.82 Å². The summed E-state index contributed by atoms with van der Waals surface area (Å²) < 4.78 is 13.4. The molecule has 1 fully saturated rings. The summed E-state index contributed by atoms with van der Waals surface area (Å²) in [6, 6.07) is 4.63. The average Bonchev–Trinajstić information content (AvgIpc) is 2.85. The minimum absolute atomic E-state index is 0.0720. The predicted molar refractivity (Wildman–Crippen MR) is 75.0 cm³/mol. The van der Waals surface area contributed by atoms with Crippen LogP contribution in [0.5, 0.6) is 0 Å². The fourth-order valence-electron chi connectivity index (χ4n) is 2.96. The van der Waals surface area contributed by atoms with Gasteiger partial charge in [-0.15, -0.1) is 0 Å². The van der Waals surface area contributed by atoms with E-state index in [2.05, 4.69) is 0 Å². The maximum Gasteiger partial charge on any atom is 0.157 e. The number of hydrogen-bond acceptors (Lipinski definition) is 2. The molecule has 0 unspecified atom stereocenters. The number of hydrogen-bond donors (Lipinski definition) is 0. The van der Waals surface area contributed by atoms with Crippen molar-refractivity contribution in [2.45, 2.75) is 37.6 Å². The van der Waals surface area contributed by atoms with E-state index in [9.17, 15) is 9.18 Å². The molecule has 0 spiro atoms. The van der Waals surface area contributed by atoms with E-state index in [1.807, 2.05) is 19.0 Å². The molecule has 0 bridgehead atoms. The van der Waals surface area contributed by atoms with Crippen molar-refractivity contribution >= 4 is 17.4 Å². The summed E-state index contributed by atoms with van der Waals surface area (Å²) in [6.45, 7) is 0. The molecular formula is C15H19ClFNO. The van der Waals surface area contributed by atoms with Gasteiger partial charge in [0, 0.05) is 6.42 Å². The summed E-state index contributed by atoms with van der Waals surface area (Å²) in [5, 5.41) is 0.0720. The number of Topliss-reactive ketones (excluding diaryl/α,β-unsaturated/α-hetero) is 1. The third kappa shape index (κ3) is 2.67. The van der Waals surface area contributed by atoms with Gasteiger partial charge in [-0.05, 0) is 38.6 Å². The first kappa shape index (κ1) is 14.5. The quantitative estimate of drug-likeness (QED) is 0.843. The Morgan fingerprint density at radius 2 is 2.00 bits per heavy atom. The summed E-state index contributed by atoms with van der Waals surface area (Å²) in [5.74, 6) is -0.320. The Balaban J connectivity index is 2.23. The first-order chi connectivity index (χ1) is 8.97. The van der Waals surface area contributed by atoms with Crippen LogP contribution in [-0.4, -0.2) is 30.3 Å². The summed E-state index contributed by atoms with van der Waals surface area (Å²) in [5.41, 5.74) is 0.190. The van der Waals surface area contributed by atoms with Crippen LogP contribution in [0.1, 0.15) is 31.2 Å². The van der Waals surface area contributed by atoms with Gasteiger partial charge in [-0.25, -0.2) is 4.39 Å². The number of rotatable bonds is 4. The Hall–Kier alpha value is -0.930. The zero-order valence-corrected chi connectivity index (χ0v) is 12.1. The van der Waals surface area contributed by atoms with Crippen LogP contribution >= 0.6 is 11.6 Å². The van der Waals surface area contributed by atoms with E-state index < -0.39 is 11.4 Å². The van der Waals surface area contributed by atoms with Crippen LogP contribution in [0.25, 0.3) is 0 Å². The third-order valence-corrected chi connectivity index (χ3v) is 4.61. The number of carbonyl (C=O) groups is 1. The second-order valence-corrected chi connectivity index (χ2v) is 5.82. The van der Waals surface area contributed by atoms with Crippen LogP contribution in [0.2, 0.25) is 5.02 Å². The molecule has 1 aromatic rings. The highest BCUT2D eigenvalue weighted by Crippen LogP contribution is 2.36. The van der Waals surface area contributed by atoms with E-state index in [1.165, 1.54) is 6.07 Å². The van der Waals surface area contributed by atoms with Crippen molar-refractivity contribution in [3.05, 3.63) is 34.6 Å². The molecule has 0 saturated heterocycles. The lowest BCUT2D eigenvalue weighted by atomic mass is 9.87. The van der Waals surface area contributed by atoms with Crippen molar-refractivity contribution in [3.63, 3.8) is 0 Å². The molecule has 0 atom stereocenters. The van der Waals surface area contributed by atoms with Crippen molar-refractivity contribution in [3.8, 4) is 0 Å². The molecule has 0 radical (unpaired) electrons. The summed E-state index contributed by atoms with van der Waals surface area (Å²) in [6.07, 6.45) is 4.11. The van der Waals surface area contributed by atoms with Crippen molar-refractivity contribution in [1.82, 2.24) is 4.90 Å².